The average Bonchev–Trinajstić information content (AvgIpc) is 3.20. The van der Waals surface area contributed by atoms with E-state index in [1.54, 1.807) is 30.3 Å². The van der Waals surface area contributed by atoms with Crippen LogP contribution in [-0.2, 0) is 10.0 Å². The van der Waals surface area contributed by atoms with Crippen LogP contribution < -0.4 is 10.5 Å². The number of sulfonamides is 1. The molecule has 1 fully saturated rings. The minimum atomic E-state index is -3.64. The largest absolute Gasteiger partial charge is 0.356 e. The van der Waals surface area contributed by atoms with Crippen LogP contribution in [0.2, 0.25) is 0 Å². The van der Waals surface area contributed by atoms with Crippen LogP contribution >= 0.6 is 0 Å². The van der Waals surface area contributed by atoms with Gasteiger partial charge < -0.3 is 10.3 Å². The molecule has 1 unspecified atom stereocenters. The fraction of sp³-hybridized carbons (Fsp3) is 0.357. The van der Waals surface area contributed by atoms with E-state index in [9.17, 15) is 8.42 Å². The van der Waals surface area contributed by atoms with E-state index in [2.05, 4.69) is 9.88 Å². The van der Waals surface area contributed by atoms with Gasteiger partial charge in [0.05, 0.1) is 11.1 Å². The summed E-state index contributed by atoms with van der Waals surface area (Å²) in [6.45, 7) is 0.248. The molecule has 0 saturated heterocycles. The van der Waals surface area contributed by atoms with Gasteiger partial charge in [-0.1, -0.05) is 17.3 Å². The second-order valence-electron chi connectivity index (χ2n) is 5.23. The summed E-state index contributed by atoms with van der Waals surface area (Å²) in [5, 5.41) is 3.62. The van der Waals surface area contributed by atoms with Gasteiger partial charge in [-0.3, -0.25) is 0 Å². The highest BCUT2D eigenvalue weighted by Crippen LogP contribution is 2.31. The molecule has 0 spiro atoms. The Morgan fingerprint density at radius 3 is 2.76 bits per heavy atom. The van der Waals surface area contributed by atoms with Gasteiger partial charge in [-0.15, -0.1) is 0 Å². The predicted molar refractivity (Wildman–Crippen MR) is 77.8 cm³/mol. The maximum atomic E-state index is 12.5. The number of rotatable bonds is 6. The molecule has 1 heterocycles. The van der Waals surface area contributed by atoms with Crippen molar-refractivity contribution in [3.63, 3.8) is 0 Å². The standard InChI is InChI=1S/C14H17N3O3S/c15-12(10-5-6-10)9-17-21(18,19)14-4-2-1-3-11(14)13-7-8-16-20-13/h1-4,7-8,10,12,17H,5-6,9,15H2. The molecule has 1 aliphatic rings. The minimum Gasteiger partial charge on any atom is -0.356 e. The Hall–Kier alpha value is -1.70. The fourth-order valence-electron chi connectivity index (χ4n) is 2.23. The molecule has 3 rings (SSSR count). The van der Waals surface area contributed by atoms with E-state index in [4.69, 9.17) is 10.3 Å². The van der Waals surface area contributed by atoms with Crippen LogP contribution in [0.15, 0.2) is 45.9 Å². The number of hydrogen-bond donors (Lipinski definition) is 2. The molecule has 1 aromatic carbocycles. The lowest BCUT2D eigenvalue weighted by Gasteiger charge is -2.13. The Bertz CT molecular complexity index is 709. The molecule has 1 aliphatic carbocycles. The van der Waals surface area contributed by atoms with Crippen molar-refractivity contribution in [1.29, 1.82) is 0 Å². The van der Waals surface area contributed by atoms with Gasteiger partial charge in [-0.05, 0) is 30.9 Å². The van der Waals surface area contributed by atoms with Gasteiger partial charge in [0.15, 0.2) is 5.76 Å². The number of nitrogens with zero attached hydrogens (tertiary/aromatic N) is 1. The van der Waals surface area contributed by atoms with Gasteiger partial charge in [-0.2, -0.15) is 0 Å². The SMILES string of the molecule is NC(CNS(=O)(=O)c1ccccc1-c1ccno1)C1CC1. The third-order valence-electron chi connectivity index (χ3n) is 3.62. The van der Waals surface area contributed by atoms with Crippen molar-refractivity contribution in [2.24, 2.45) is 11.7 Å². The third kappa shape index (κ3) is 3.15. The van der Waals surface area contributed by atoms with Crippen LogP contribution in [-0.4, -0.2) is 26.2 Å². The second kappa shape index (κ2) is 5.59. The van der Waals surface area contributed by atoms with E-state index in [1.807, 2.05) is 0 Å². The van der Waals surface area contributed by atoms with Crippen LogP contribution in [0.5, 0.6) is 0 Å². The van der Waals surface area contributed by atoms with Crippen molar-refractivity contribution in [2.75, 3.05) is 6.54 Å². The lowest BCUT2D eigenvalue weighted by Crippen LogP contribution is -2.38. The molecule has 0 aliphatic heterocycles. The highest BCUT2D eigenvalue weighted by molar-refractivity contribution is 7.89. The van der Waals surface area contributed by atoms with Crippen LogP contribution in [0, 0.1) is 5.92 Å². The monoisotopic (exact) mass is 307 g/mol. The molecule has 0 bridgehead atoms. The van der Waals surface area contributed by atoms with Crippen LogP contribution in [0.25, 0.3) is 11.3 Å². The second-order valence-corrected chi connectivity index (χ2v) is 6.96. The van der Waals surface area contributed by atoms with Crippen LogP contribution in [0.3, 0.4) is 0 Å². The first-order chi connectivity index (χ1) is 10.1. The summed E-state index contributed by atoms with van der Waals surface area (Å²) >= 11 is 0. The molecule has 1 aromatic heterocycles. The minimum absolute atomic E-state index is 0.128. The lowest BCUT2D eigenvalue weighted by atomic mass is 10.2. The summed E-state index contributed by atoms with van der Waals surface area (Å²) < 4.78 is 32.6. The van der Waals surface area contributed by atoms with Crippen molar-refractivity contribution in [3.05, 3.63) is 36.5 Å². The maximum Gasteiger partial charge on any atom is 0.241 e. The van der Waals surface area contributed by atoms with Crippen LogP contribution in [0.1, 0.15) is 12.8 Å². The molecule has 21 heavy (non-hydrogen) atoms. The van der Waals surface area contributed by atoms with Crippen LogP contribution in [0.4, 0.5) is 0 Å². The molecule has 7 heteroatoms. The van der Waals surface area contributed by atoms with Crippen molar-refractivity contribution >= 4 is 10.0 Å². The van der Waals surface area contributed by atoms with E-state index in [-0.39, 0.29) is 17.5 Å². The molecular formula is C14H17N3O3S. The zero-order chi connectivity index (χ0) is 14.9. The number of benzene rings is 1. The Kier molecular flexibility index (Phi) is 3.79. The normalized spacial score (nSPS) is 16.8. The van der Waals surface area contributed by atoms with E-state index in [1.165, 1.54) is 6.20 Å². The van der Waals surface area contributed by atoms with Crippen molar-refractivity contribution in [2.45, 2.75) is 23.8 Å². The zero-order valence-corrected chi connectivity index (χ0v) is 12.2. The van der Waals surface area contributed by atoms with E-state index in [0.717, 1.165) is 12.8 Å². The van der Waals surface area contributed by atoms with Gasteiger partial charge in [0.1, 0.15) is 0 Å². The molecule has 2 aromatic rings. The summed E-state index contributed by atoms with van der Waals surface area (Å²) in [6.07, 6.45) is 3.64. The Balaban J connectivity index is 1.85. The molecule has 1 saturated carbocycles. The predicted octanol–water partition coefficient (Wildman–Crippen LogP) is 1.36. The molecule has 3 N–H and O–H groups in total. The van der Waals surface area contributed by atoms with Crippen molar-refractivity contribution in [1.82, 2.24) is 9.88 Å². The molecule has 6 nitrogen and oxygen atoms in total. The summed E-state index contributed by atoms with van der Waals surface area (Å²) in [7, 11) is -3.64. The number of nitrogens with one attached hydrogen (secondary N) is 1. The topological polar surface area (TPSA) is 98.2 Å². The number of aromatic nitrogens is 1. The molecule has 1 atom stereocenters. The van der Waals surface area contributed by atoms with Crippen molar-refractivity contribution in [3.8, 4) is 11.3 Å². The zero-order valence-electron chi connectivity index (χ0n) is 11.4. The fourth-order valence-corrected chi connectivity index (χ4v) is 3.52. The highest BCUT2D eigenvalue weighted by Gasteiger charge is 2.30. The smallest absolute Gasteiger partial charge is 0.241 e. The van der Waals surface area contributed by atoms with Gasteiger partial charge in [-0.25, -0.2) is 13.1 Å². The van der Waals surface area contributed by atoms with Gasteiger partial charge in [0.25, 0.3) is 0 Å². The van der Waals surface area contributed by atoms with E-state index in [0.29, 0.717) is 17.2 Å². The number of hydrogen-bond acceptors (Lipinski definition) is 5. The molecule has 0 amide bonds. The first kappa shape index (κ1) is 14.2. The highest BCUT2D eigenvalue weighted by atomic mass is 32.2. The molecule has 112 valence electrons. The van der Waals surface area contributed by atoms with Gasteiger partial charge in [0.2, 0.25) is 10.0 Å². The first-order valence-corrected chi connectivity index (χ1v) is 8.31. The molecular weight excluding hydrogens is 290 g/mol. The average molecular weight is 307 g/mol. The van der Waals surface area contributed by atoms with E-state index < -0.39 is 10.0 Å². The molecule has 0 radical (unpaired) electrons. The van der Waals surface area contributed by atoms with Crippen molar-refractivity contribution < 1.29 is 12.9 Å². The Labute approximate surface area is 123 Å². The van der Waals surface area contributed by atoms with Gasteiger partial charge in [0, 0.05) is 24.2 Å². The van der Waals surface area contributed by atoms with E-state index >= 15 is 0 Å². The summed E-state index contributed by atoms with van der Waals surface area (Å²) in [4.78, 5) is 0.171. The summed E-state index contributed by atoms with van der Waals surface area (Å²) in [5.41, 5.74) is 6.43. The first-order valence-electron chi connectivity index (χ1n) is 6.83. The Morgan fingerprint density at radius 1 is 1.33 bits per heavy atom. The lowest BCUT2D eigenvalue weighted by molar-refractivity contribution is 0.431. The maximum absolute atomic E-state index is 12.5. The third-order valence-corrected chi connectivity index (χ3v) is 5.10. The summed E-state index contributed by atoms with van der Waals surface area (Å²) in [6, 6.07) is 8.17. The quantitative estimate of drug-likeness (QED) is 0.839. The Morgan fingerprint density at radius 2 is 2.10 bits per heavy atom. The summed E-state index contributed by atoms with van der Waals surface area (Å²) in [5.74, 6) is 0.861. The number of nitrogens with two attached hydrogens (primary N) is 1. The van der Waals surface area contributed by atoms with Gasteiger partial charge >= 0.3 is 0 Å².